The van der Waals surface area contributed by atoms with Crippen LogP contribution in [0, 0.1) is 0 Å². The van der Waals surface area contributed by atoms with Crippen molar-refractivity contribution in [1.82, 2.24) is 0 Å². The SMILES string of the molecule is O=S(=O)(O)c1cccc(-c2cccc(S(=O)(=O)O)c2)c1.[CaH2]. The first kappa shape index (κ1) is 18.6. The summed E-state index contributed by atoms with van der Waals surface area (Å²) in [6, 6.07) is 10.8. The van der Waals surface area contributed by atoms with Crippen molar-refractivity contribution >= 4 is 58.0 Å². The molecule has 0 atom stereocenters. The third-order valence-corrected chi connectivity index (χ3v) is 4.30. The van der Waals surface area contributed by atoms with E-state index in [0.29, 0.717) is 11.1 Å². The Hall–Kier alpha value is -0.480. The Morgan fingerprint density at radius 3 is 1.29 bits per heavy atom. The minimum absolute atomic E-state index is 0. The molecule has 0 aliphatic heterocycles. The van der Waals surface area contributed by atoms with E-state index in [-0.39, 0.29) is 47.5 Å². The first-order valence-corrected chi connectivity index (χ1v) is 8.21. The Labute approximate surface area is 152 Å². The summed E-state index contributed by atoms with van der Waals surface area (Å²) in [6.07, 6.45) is 0. The fourth-order valence-corrected chi connectivity index (χ4v) is 2.73. The normalized spacial score (nSPS) is 11.7. The Bertz CT molecular complexity index is 785. The van der Waals surface area contributed by atoms with E-state index in [4.69, 9.17) is 9.11 Å². The molecular weight excluding hydrogens is 344 g/mol. The fraction of sp³-hybridized carbons (Fsp3) is 0. The van der Waals surface area contributed by atoms with Gasteiger partial charge in [0, 0.05) is 0 Å². The van der Waals surface area contributed by atoms with E-state index in [1.165, 1.54) is 36.4 Å². The van der Waals surface area contributed by atoms with Crippen LogP contribution in [-0.2, 0) is 20.2 Å². The molecule has 2 rings (SSSR count). The van der Waals surface area contributed by atoms with Crippen LogP contribution in [0.3, 0.4) is 0 Å². The van der Waals surface area contributed by atoms with Crippen LogP contribution in [0.2, 0.25) is 0 Å². The van der Waals surface area contributed by atoms with Crippen LogP contribution in [0.25, 0.3) is 11.1 Å². The molecule has 2 aromatic rings. The first-order valence-electron chi connectivity index (χ1n) is 5.33. The average Bonchev–Trinajstić information content (AvgIpc) is 2.37. The molecule has 2 aromatic carbocycles. The van der Waals surface area contributed by atoms with Gasteiger partial charge in [-0.1, -0.05) is 24.3 Å². The van der Waals surface area contributed by atoms with Crippen LogP contribution in [0.5, 0.6) is 0 Å². The number of benzene rings is 2. The van der Waals surface area contributed by atoms with Gasteiger partial charge in [0.1, 0.15) is 0 Å². The van der Waals surface area contributed by atoms with E-state index < -0.39 is 20.2 Å². The Morgan fingerprint density at radius 2 is 1.00 bits per heavy atom. The summed E-state index contributed by atoms with van der Waals surface area (Å²) in [5.41, 5.74) is 0.788. The molecule has 0 heterocycles. The van der Waals surface area contributed by atoms with Crippen LogP contribution >= 0.6 is 0 Å². The molecule has 0 saturated carbocycles. The van der Waals surface area contributed by atoms with Gasteiger partial charge in [-0.05, 0) is 35.4 Å². The van der Waals surface area contributed by atoms with Gasteiger partial charge in [0.2, 0.25) is 0 Å². The summed E-state index contributed by atoms with van der Waals surface area (Å²) >= 11 is 0. The third kappa shape index (κ3) is 4.75. The standard InChI is InChI=1S/C12H10O6S2.Ca.2H/c13-19(14,15)11-5-1-3-9(7-11)10-4-2-6-12(8-10)20(16,17)18;;;/h1-8H,(H,13,14,15)(H,16,17,18);;;. The Balaban J connectivity index is 0.00000220. The molecule has 0 saturated heterocycles. The Morgan fingerprint density at radius 1 is 0.667 bits per heavy atom. The van der Waals surface area contributed by atoms with Gasteiger partial charge in [0.25, 0.3) is 20.2 Å². The zero-order chi connectivity index (χ0) is 15.0. The summed E-state index contributed by atoms with van der Waals surface area (Å²) in [4.78, 5) is -0.598. The maximum absolute atomic E-state index is 11.1. The van der Waals surface area contributed by atoms with Gasteiger partial charge in [-0.3, -0.25) is 9.11 Å². The summed E-state index contributed by atoms with van der Waals surface area (Å²) in [6.45, 7) is 0. The van der Waals surface area contributed by atoms with Gasteiger partial charge in [-0.15, -0.1) is 0 Å². The molecule has 110 valence electrons. The predicted molar refractivity (Wildman–Crippen MR) is 80.1 cm³/mol. The molecule has 0 aromatic heterocycles. The van der Waals surface area contributed by atoms with Crippen LogP contribution in [-0.4, -0.2) is 63.7 Å². The molecule has 0 aliphatic rings. The second-order valence-electron chi connectivity index (χ2n) is 4.01. The fourth-order valence-electron chi connectivity index (χ4n) is 1.67. The van der Waals surface area contributed by atoms with Crippen molar-refractivity contribution in [2.45, 2.75) is 9.79 Å². The van der Waals surface area contributed by atoms with Crippen molar-refractivity contribution in [2.75, 3.05) is 0 Å². The molecule has 9 heteroatoms. The van der Waals surface area contributed by atoms with Crippen molar-refractivity contribution in [3.05, 3.63) is 48.5 Å². The van der Waals surface area contributed by atoms with Crippen molar-refractivity contribution in [3.8, 4) is 11.1 Å². The molecule has 0 bridgehead atoms. The van der Waals surface area contributed by atoms with E-state index in [1.807, 2.05) is 0 Å². The monoisotopic (exact) mass is 356 g/mol. The van der Waals surface area contributed by atoms with Gasteiger partial charge >= 0.3 is 37.7 Å². The van der Waals surface area contributed by atoms with Crippen LogP contribution < -0.4 is 0 Å². The zero-order valence-electron chi connectivity index (χ0n) is 9.96. The van der Waals surface area contributed by atoms with Crippen molar-refractivity contribution in [2.24, 2.45) is 0 Å². The molecule has 0 fully saturated rings. The van der Waals surface area contributed by atoms with Crippen molar-refractivity contribution < 1.29 is 25.9 Å². The second kappa shape index (κ2) is 6.74. The van der Waals surface area contributed by atoms with E-state index in [1.54, 1.807) is 12.1 Å². The minimum atomic E-state index is -4.34. The molecule has 2 N–H and O–H groups in total. The molecule has 0 amide bonds. The van der Waals surface area contributed by atoms with Crippen LogP contribution in [0.1, 0.15) is 0 Å². The van der Waals surface area contributed by atoms with Gasteiger partial charge in [-0.2, -0.15) is 16.8 Å². The molecule has 0 unspecified atom stereocenters. The van der Waals surface area contributed by atoms with Gasteiger partial charge in [-0.25, -0.2) is 0 Å². The van der Waals surface area contributed by atoms with Crippen molar-refractivity contribution in [3.63, 3.8) is 0 Å². The van der Waals surface area contributed by atoms with E-state index in [2.05, 4.69) is 0 Å². The van der Waals surface area contributed by atoms with Gasteiger partial charge in [0.15, 0.2) is 0 Å². The summed E-state index contributed by atoms with van der Waals surface area (Å²) in [5.74, 6) is 0. The average molecular weight is 356 g/mol. The molecule has 0 aliphatic carbocycles. The van der Waals surface area contributed by atoms with E-state index in [0.717, 1.165) is 0 Å². The Kier molecular flexibility index (Phi) is 5.96. The maximum atomic E-state index is 11.1. The van der Waals surface area contributed by atoms with Gasteiger partial charge < -0.3 is 0 Å². The predicted octanol–water partition coefficient (Wildman–Crippen LogP) is 0.931. The zero-order valence-corrected chi connectivity index (χ0v) is 11.6. The van der Waals surface area contributed by atoms with E-state index >= 15 is 0 Å². The van der Waals surface area contributed by atoms with Crippen molar-refractivity contribution in [1.29, 1.82) is 0 Å². The summed E-state index contributed by atoms with van der Waals surface area (Å²) in [5, 5.41) is 0. The van der Waals surface area contributed by atoms with E-state index in [9.17, 15) is 16.8 Å². The molecule has 6 nitrogen and oxygen atoms in total. The molecule has 0 spiro atoms. The quantitative estimate of drug-likeness (QED) is 0.625. The summed E-state index contributed by atoms with van der Waals surface area (Å²) < 4.78 is 62.2. The molecular formula is C12H12CaO6S2. The number of hydrogen-bond acceptors (Lipinski definition) is 4. The molecule has 0 radical (unpaired) electrons. The van der Waals surface area contributed by atoms with Gasteiger partial charge in [0.05, 0.1) is 9.79 Å². The summed E-state index contributed by atoms with van der Waals surface area (Å²) in [7, 11) is -8.68. The first-order chi connectivity index (χ1) is 9.18. The van der Waals surface area contributed by atoms with Crippen LogP contribution in [0.15, 0.2) is 58.3 Å². The van der Waals surface area contributed by atoms with Crippen LogP contribution in [0.4, 0.5) is 0 Å². The third-order valence-electron chi connectivity index (χ3n) is 2.60. The number of hydrogen-bond donors (Lipinski definition) is 2. The molecule has 21 heavy (non-hydrogen) atoms. The topological polar surface area (TPSA) is 109 Å². The number of rotatable bonds is 3. The second-order valence-corrected chi connectivity index (χ2v) is 6.85.